The highest BCUT2D eigenvalue weighted by molar-refractivity contribution is 8.00. The van der Waals surface area contributed by atoms with E-state index in [4.69, 9.17) is 11.6 Å². The van der Waals surface area contributed by atoms with E-state index in [0.29, 0.717) is 5.02 Å². The van der Waals surface area contributed by atoms with Gasteiger partial charge in [-0.2, -0.15) is 0 Å². The van der Waals surface area contributed by atoms with E-state index in [1.807, 2.05) is 25.1 Å². The Balaban J connectivity index is 1.79. The zero-order valence-electron chi connectivity index (χ0n) is 14.5. The van der Waals surface area contributed by atoms with Gasteiger partial charge >= 0.3 is 0 Å². The number of hydrogen-bond donors (Lipinski definition) is 2. The summed E-state index contributed by atoms with van der Waals surface area (Å²) in [4.78, 5) is 13.2. The van der Waals surface area contributed by atoms with Crippen molar-refractivity contribution in [1.82, 2.24) is 10.0 Å². The Kier molecular flexibility index (Phi) is 7.52. The molecule has 0 bridgehead atoms. The summed E-state index contributed by atoms with van der Waals surface area (Å²) in [6.45, 7) is 3.99. The molecular formula is C18H21ClN2O3S2. The minimum atomic E-state index is -3.57. The van der Waals surface area contributed by atoms with Crippen LogP contribution in [0.3, 0.4) is 0 Å². The summed E-state index contributed by atoms with van der Waals surface area (Å²) in [5.74, 6) is -0.176. The van der Waals surface area contributed by atoms with Crippen LogP contribution in [0.5, 0.6) is 0 Å². The summed E-state index contributed by atoms with van der Waals surface area (Å²) in [6.07, 6.45) is 0. The largest absolute Gasteiger partial charge is 0.354 e. The van der Waals surface area contributed by atoms with Crippen molar-refractivity contribution in [3.63, 3.8) is 0 Å². The van der Waals surface area contributed by atoms with Crippen LogP contribution < -0.4 is 10.0 Å². The summed E-state index contributed by atoms with van der Waals surface area (Å²) in [7, 11) is -3.57. The quantitative estimate of drug-likeness (QED) is 0.515. The van der Waals surface area contributed by atoms with Crippen LogP contribution in [0.15, 0.2) is 58.3 Å². The summed E-state index contributed by atoms with van der Waals surface area (Å²) in [5.41, 5.74) is 0.987. The molecule has 2 aromatic carbocycles. The molecule has 0 spiro atoms. The summed E-state index contributed by atoms with van der Waals surface area (Å²) < 4.78 is 26.8. The van der Waals surface area contributed by atoms with E-state index in [-0.39, 0.29) is 29.1 Å². The van der Waals surface area contributed by atoms with Crippen molar-refractivity contribution < 1.29 is 13.2 Å². The van der Waals surface area contributed by atoms with E-state index in [1.54, 1.807) is 37.3 Å². The smallest absolute Gasteiger partial charge is 0.240 e. The second-order valence-corrected chi connectivity index (χ2v) is 9.25. The van der Waals surface area contributed by atoms with Crippen molar-refractivity contribution in [2.45, 2.75) is 28.9 Å². The summed E-state index contributed by atoms with van der Waals surface area (Å²) in [5, 5.41) is 2.98. The Bertz CT molecular complexity index is 855. The van der Waals surface area contributed by atoms with Crippen molar-refractivity contribution in [3.8, 4) is 0 Å². The number of halogens is 1. The van der Waals surface area contributed by atoms with Crippen molar-refractivity contribution in [3.05, 3.63) is 59.1 Å². The number of carbonyl (C=O) groups excluding carboxylic acids is 1. The van der Waals surface area contributed by atoms with Gasteiger partial charge in [0.15, 0.2) is 0 Å². The lowest BCUT2D eigenvalue weighted by atomic mass is 10.2. The average molecular weight is 413 g/mol. The van der Waals surface area contributed by atoms with E-state index < -0.39 is 10.0 Å². The Morgan fingerprint density at radius 2 is 1.77 bits per heavy atom. The number of thioether (sulfide) groups is 1. The van der Waals surface area contributed by atoms with E-state index in [2.05, 4.69) is 10.0 Å². The van der Waals surface area contributed by atoms with E-state index in [9.17, 15) is 13.2 Å². The first-order valence-electron chi connectivity index (χ1n) is 8.05. The van der Waals surface area contributed by atoms with E-state index in [0.717, 1.165) is 10.5 Å². The predicted molar refractivity (Wildman–Crippen MR) is 106 cm³/mol. The molecule has 2 aromatic rings. The SMILES string of the molecule is Cc1ccc(S(=O)(=O)NCCNC(=O)C(C)Sc2ccccc2Cl)cc1. The molecule has 0 fully saturated rings. The number of amides is 1. The fraction of sp³-hybridized carbons (Fsp3) is 0.278. The molecule has 8 heteroatoms. The number of rotatable bonds is 8. The van der Waals surface area contributed by atoms with Gasteiger partial charge in [0, 0.05) is 18.0 Å². The fourth-order valence-electron chi connectivity index (χ4n) is 2.10. The molecule has 0 radical (unpaired) electrons. The normalized spacial score (nSPS) is 12.6. The van der Waals surface area contributed by atoms with Crippen LogP contribution in [0.1, 0.15) is 12.5 Å². The monoisotopic (exact) mass is 412 g/mol. The molecule has 2 N–H and O–H groups in total. The Labute approximate surface area is 163 Å². The topological polar surface area (TPSA) is 75.3 Å². The molecule has 0 aliphatic heterocycles. The average Bonchev–Trinajstić information content (AvgIpc) is 2.61. The first-order valence-corrected chi connectivity index (χ1v) is 10.8. The number of carbonyl (C=O) groups is 1. The molecule has 2 rings (SSSR count). The Morgan fingerprint density at radius 1 is 1.12 bits per heavy atom. The second kappa shape index (κ2) is 9.41. The number of sulfonamides is 1. The van der Waals surface area contributed by atoms with Crippen LogP contribution >= 0.6 is 23.4 Å². The molecule has 0 saturated heterocycles. The first-order chi connectivity index (χ1) is 12.3. The number of aryl methyl sites for hydroxylation is 1. The van der Waals surface area contributed by atoms with Crippen molar-refractivity contribution in [1.29, 1.82) is 0 Å². The van der Waals surface area contributed by atoms with Crippen LogP contribution in [0, 0.1) is 6.92 Å². The molecule has 0 aromatic heterocycles. The minimum Gasteiger partial charge on any atom is -0.354 e. The van der Waals surface area contributed by atoms with Gasteiger partial charge in [-0.15, -0.1) is 11.8 Å². The van der Waals surface area contributed by atoms with Gasteiger partial charge in [-0.05, 0) is 38.1 Å². The molecule has 140 valence electrons. The van der Waals surface area contributed by atoms with Gasteiger partial charge in [0.1, 0.15) is 0 Å². The lowest BCUT2D eigenvalue weighted by Gasteiger charge is -2.13. The number of hydrogen-bond acceptors (Lipinski definition) is 4. The maximum atomic E-state index is 12.2. The van der Waals surface area contributed by atoms with Crippen LogP contribution in [0.25, 0.3) is 0 Å². The van der Waals surface area contributed by atoms with Gasteiger partial charge in [-0.3, -0.25) is 4.79 Å². The highest BCUT2D eigenvalue weighted by Gasteiger charge is 2.16. The van der Waals surface area contributed by atoms with Crippen LogP contribution in [-0.4, -0.2) is 32.7 Å². The van der Waals surface area contributed by atoms with Crippen LogP contribution in [-0.2, 0) is 14.8 Å². The lowest BCUT2D eigenvalue weighted by molar-refractivity contribution is -0.120. The maximum absolute atomic E-state index is 12.2. The molecule has 0 aliphatic rings. The van der Waals surface area contributed by atoms with Gasteiger partial charge in [0.2, 0.25) is 15.9 Å². The third-order valence-electron chi connectivity index (χ3n) is 3.56. The Morgan fingerprint density at radius 3 is 2.42 bits per heavy atom. The number of nitrogens with one attached hydrogen (secondary N) is 2. The van der Waals surface area contributed by atoms with Crippen molar-refractivity contribution in [2.75, 3.05) is 13.1 Å². The molecule has 0 saturated carbocycles. The summed E-state index contributed by atoms with van der Waals surface area (Å²) >= 11 is 7.45. The van der Waals surface area contributed by atoms with Crippen molar-refractivity contribution >= 4 is 39.3 Å². The van der Waals surface area contributed by atoms with Crippen molar-refractivity contribution in [2.24, 2.45) is 0 Å². The van der Waals surface area contributed by atoms with Crippen LogP contribution in [0.4, 0.5) is 0 Å². The highest BCUT2D eigenvalue weighted by atomic mass is 35.5. The zero-order valence-corrected chi connectivity index (χ0v) is 16.9. The maximum Gasteiger partial charge on any atom is 0.240 e. The lowest BCUT2D eigenvalue weighted by Crippen LogP contribution is -2.37. The predicted octanol–water partition coefficient (Wildman–Crippen LogP) is 3.22. The van der Waals surface area contributed by atoms with Gasteiger partial charge in [-0.1, -0.05) is 41.4 Å². The van der Waals surface area contributed by atoms with Gasteiger partial charge in [0.25, 0.3) is 0 Å². The fourth-order valence-corrected chi connectivity index (χ4v) is 4.31. The molecule has 1 amide bonds. The first kappa shape index (κ1) is 20.8. The molecule has 5 nitrogen and oxygen atoms in total. The molecule has 0 aliphatic carbocycles. The second-order valence-electron chi connectivity index (χ2n) is 5.69. The molecule has 0 heterocycles. The van der Waals surface area contributed by atoms with Gasteiger partial charge in [-0.25, -0.2) is 13.1 Å². The zero-order chi connectivity index (χ0) is 19.2. The number of benzene rings is 2. The van der Waals surface area contributed by atoms with E-state index in [1.165, 1.54) is 11.8 Å². The molecular weight excluding hydrogens is 392 g/mol. The van der Waals surface area contributed by atoms with E-state index >= 15 is 0 Å². The molecule has 1 atom stereocenters. The molecule has 1 unspecified atom stereocenters. The third kappa shape index (κ3) is 6.02. The van der Waals surface area contributed by atoms with Gasteiger partial charge < -0.3 is 5.32 Å². The van der Waals surface area contributed by atoms with Gasteiger partial charge in [0.05, 0.1) is 15.2 Å². The third-order valence-corrected chi connectivity index (χ3v) is 6.65. The summed E-state index contributed by atoms with van der Waals surface area (Å²) in [6, 6.07) is 13.9. The standard InChI is InChI=1S/C18H21ClN2O3S2/c1-13-7-9-15(10-8-13)26(23,24)21-12-11-20-18(22)14(2)25-17-6-4-3-5-16(17)19/h3-10,14,21H,11-12H2,1-2H3,(H,20,22). The molecule has 26 heavy (non-hydrogen) atoms. The Hall–Kier alpha value is -1.54. The minimum absolute atomic E-state index is 0.116. The highest BCUT2D eigenvalue weighted by Crippen LogP contribution is 2.29. The van der Waals surface area contributed by atoms with Crippen LogP contribution in [0.2, 0.25) is 5.02 Å².